The Hall–Kier alpha value is -0.720. The summed E-state index contributed by atoms with van der Waals surface area (Å²) in [5.74, 6) is 1.25. The zero-order valence-corrected chi connectivity index (χ0v) is 6.71. The van der Waals surface area contributed by atoms with Crippen LogP contribution in [0.2, 0.25) is 0 Å². The van der Waals surface area contributed by atoms with E-state index in [4.69, 9.17) is 0 Å². The third kappa shape index (κ3) is 1.32. The van der Waals surface area contributed by atoms with Gasteiger partial charge in [-0.25, -0.2) is 0 Å². The molecule has 11 heavy (non-hydrogen) atoms. The Morgan fingerprint density at radius 1 is 1.36 bits per heavy atom. The van der Waals surface area contributed by atoms with E-state index < -0.39 is 0 Å². The number of hydrogen-bond donors (Lipinski definition) is 1. The highest BCUT2D eigenvalue weighted by molar-refractivity contribution is 5.25. The van der Waals surface area contributed by atoms with Crippen LogP contribution in [0.5, 0.6) is 0 Å². The van der Waals surface area contributed by atoms with Crippen molar-refractivity contribution in [3.8, 4) is 0 Å². The molecule has 0 bridgehead atoms. The Kier molecular flexibility index (Phi) is 1.72. The smallest absolute Gasteiger partial charge is 0.111 e. The lowest BCUT2D eigenvalue weighted by Gasteiger charge is -2.26. The minimum Gasteiger partial charge on any atom is -0.508 e. The van der Waals surface area contributed by atoms with Gasteiger partial charge in [0.25, 0.3) is 0 Å². The van der Waals surface area contributed by atoms with Crippen molar-refractivity contribution in [2.45, 2.75) is 32.1 Å². The van der Waals surface area contributed by atoms with Gasteiger partial charge < -0.3 is 5.11 Å². The minimum atomic E-state index is 0.484. The van der Waals surface area contributed by atoms with Gasteiger partial charge in [-0.05, 0) is 43.8 Å². The SMILES string of the molecule is OC1=CC[C@@H]2CCCCC2=C1. The number of allylic oxidation sites excluding steroid dienone is 3. The molecule has 0 aliphatic heterocycles. The quantitative estimate of drug-likeness (QED) is 0.563. The van der Waals surface area contributed by atoms with Gasteiger partial charge in [0.15, 0.2) is 0 Å². The Morgan fingerprint density at radius 3 is 3.18 bits per heavy atom. The lowest BCUT2D eigenvalue weighted by Crippen LogP contribution is -2.12. The average Bonchev–Trinajstić information content (AvgIpc) is 2.04. The Morgan fingerprint density at radius 2 is 2.27 bits per heavy atom. The maximum absolute atomic E-state index is 9.23. The van der Waals surface area contributed by atoms with Crippen molar-refractivity contribution in [1.29, 1.82) is 0 Å². The number of aliphatic hydroxyl groups is 1. The van der Waals surface area contributed by atoms with Crippen LogP contribution in [0, 0.1) is 5.92 Å². The second-order valence-electron chi connectivity index (χ2n) is 3.53. The largest absolute Gasteiger partial charge is 0.508 e. The predicted octanol–water partition coefficient (Wildman–Crippen LogP) is 2.95. The van der Waals surface area contributed by atoms with Gasteiger partial charge in [0.05, 0.1) is 0 Å². The third-order valence-corrected chi connectivity index (χ3v) is 2.74. The first kappa shape index (κ1) is 6.96. The number of fused-ring (bicyclic) bond motifs is 1. The van der Waals surface area contributed by atoms with Gasteiger partial charge >= 0.3 is 0 Å². The molecular formula is C10H14O. The molecule has 1 fully saturated rings. The zero-order chi connectivity index (χ0) is 7.68. The fraction of sp³-hybridized carbons (Fsp3) is 0.600. The highest BCUT2D eigenvalue weighted by Crippen LogP contribution is 2.35. The standard InChI is InChI=1S/C10H14O/c11-10-6-5-8-3-1-2-4-9(8)7-10/h6-8,11H,1-5H2/t8-/m0/s1. The maximum atomic E-state index is 9.23. The lowest BCUT2D eigenvalue weighted by atomic mass is 9.80. The van der Waals surface area contributed by atoms with Crippen LogP contribution in [-0.2, 0) is 0 Å². The molecule has 1 heteroatoms. The normalized spacial score (nSPS) is 30.4. The van der Waals surface area contributed by atoms with E-state index in [0.717, 1.165) is 12.3 Å². The van der Waals surface area contributed by atoms with Gasteiger partial charge in [0, 0.05) is 0 Å². The molecule has 0 aromatic rings. The fourth-order valence-corrected chi connectivity index (χ4v) is 2.08. The van der Waals surface area contributed by atoms with Crippen LogP contribution >= 0.6 is 0 Å². The molecule has 60 valence electrons. The molecule has 2 rings (SSSR count). The van der Waals surface area contributed by atoms with E-state index in [1.54, 1.807) is 0 Å². The van der Waals surface area contributed by atoms with E-state index in [1.807, 2.05) is 12.2 Å². The summed E-state index contributed by atoms with van der Waals surface area (Å²) < 4.78 is 0. The van der Waals surface area contributed by atoms with E-state index in [0.29, 0.717) is 5.76 Å². The van der Waals surface area contributed by atoms with Crippen LogP contribution in [-0.4, -0.2) is 5.11 Å². The summed E-state index contributed by atoms with van der Waals surface area (Å²) in [4.78, 5) is 0. The van der Waals surface area contributed by atoms with E-state index in [-0.39, 0.29) is 0 Å². The molecule has 0 aromatic carbocycles. The van der Waals surface area contributed by atoms with Crippen molar-refractivity contribution in [2.75, 3.05) is 0 Å². The summed E-state index contributed by atoms with van der Waals surface area (Å²) in [5, 5.41) is 9.23. The second kappa shape index (κ2) is 2.72. The summed E-state index contributed by atoms with van der Waals surface area (Å²) in [6.45, 7) is 0. The van der Waals surface area contributed by atoms with E-state index in [9.17, 15) is 5.11 Å². The highest BCUT2D eigenvalue weighted by atomic mass is 16.3. The molecule has 0 unspecified atom stereocenters. The number of hydrogen-bond acceptors (Lipinski definition) is 1. The van der Waals surface area contributed by atoms with Crippen molar-refractivity contribution in [3.05, 3.63) is 23.5 Å². The summed E-state index contributed by atoms with van der Waals surface area (Å²) in [6.07, 6.45) is 10.2. The molecule has 0 aromatic heterocycles. The molecule has 1 nitrogen and oxygen atoms in total. The van der Waals surface area contributed by atoms with Crippen molar-refractivity contribution < 1.29 is 5.11 Å². The molecule has 0 amide bonds. The van der Waals surface area contributed by atoms with Gasteiger partial charge in [-0.2, -0.15) is 0 Å². The van der Waals surface area contributed by atoms with Crippen LogP contribution in [0.15, 0.2) is 23.5 Å². The van der Waals surface area contributed by atoms with Gasteiger partial charge in [-0.1, -0.05) is 12.0 Å². The first-order valence-corrected chi connectivity index (χ1v) is 4.46. The van der Waals surface area contributed by atoms with Gasteiger partial charge in [-0.15, -0.1) is 0 Å². The molecule has 0 spiro atoms. The average molecular weight is 150 g/mol. The number of rotatable bonds is 0. The first-order chi connectivity index (χ1) is 5.36. The fourth-order valence-electron chi connectivity index (χ4n) is 2.08. The molecule has 1 atom stereocenters. The van der Waals surface area contributed by atoms with Crippen LogP contribution in [0.1, 0.15) is 32.1 Å². The topological polar surface area (TPSA) is 20.2 Å². The molecule has 2 aliphatic rings. The summed E-state index contributed by atoms with van der Waals surface area (Å²) in [7, 11) is 0. The molecule has 0 heterocycles. The van der Waals surface area contributed by atoms with Crippen LogP contribution in [0.25, 0.3) is 0 Å². The summed E-state index contributed by atoms with van der Waals surface area (Å²) in [6, 6.07) is 0. The Bertz CT molecular complexity index is 213. The van der Waals surface area contributed by atoms with Crippen LogP contribution < -0.4 is 0 Å². The maximum Gasteiger partial charge on any atom is 0.111 e. The van der Waals surface area contributed by atoms with Crippen LogP contribution in [0.3, 0.4) is 0 Å². The van der Waals surface area contributed by atoms with E-state index in [1.165, 1.54) is 31.3 Å². The predicted molar refractivity (Wildman–Crippen MR) is 45.4 cm³/mol. The molecule has 0 radical (unpaired) electrons. The van der Waals surface area contributed by atoms with E-state index in [2.05, 4.69) is 0 Å². The molecule has 2 aliphatic carbocycles. The number of aliphatic hydroxyl groups excluding tert-OH is 1. The lowest BCUT2D eigenvalue weighted by molar-refractivity contribution is 0.394. The zero-order valence-electron chi connectivity index (χ0n) is 6.71. The highest BCUT2D eigenvalue weighted by Gasteiger charge is 2.20. The Balaban J connectivity index is 2.17. The minimum absolute atomic E-state index is 0.484. The molecule has 0 saturated heterocycles. The summed E-state index contributed by atoms with van der Waals surface area (Å²) >= 11 is 0. The third-order valence-electron chi connectivity index (χ3n) is 2.74. The Labute approximate surface area is 67.4 Å². The monoisotopic (exact) mass is 150 g/mol. The van der Waals surface area contributed by atoms with Gasteiger partial charge in [0.2, 0.25) is 0 Å². The molecule has 1 saturated carbocycles. The van der Waals surface area contributed by atoms with Crippen LogP contribution in [0.4, 0.5) is 0 Å². The first-order valence-electron chi connectivity index (χ1n) is 4.46. The second-order valence-corrected chi connectivity index (χ2v) is 3.53. The molecule has 1 N–H and O–H groups in total. The van der Waals surface area contributed by atoms with Crippen molar-refractivity contribution in [3.63, 3.8) is 0 Å². The molecular weight excluding hydrogens is 136 g/mol. The van der Waals surface area contributed by atoms with Crippen molar-refractivity contribution in [2.24, 2.45) is 5.92 Å². The van der Waals surface area contributed by atoms with Gasteiger partial charge in [0.1, 0.15) is 5.76 Å². The van der Waals surface area contributed by atoms with Crippen molar-refractivity contribution in [1.82, 2.24) is 0 Å². The van der Waals surface area contributed by atoms with Crippen molar-refractivity contribution >= 4 is 0 Å². The summed E-state index contributed by atoms with van der Waals surface area (Å²) in [5.41, 5.74) is 1.48. The van der Waals surface area contributed by atoms with E-state index >= 15 is 0 Å². The van der Waals surface area contributed by atoms with Gasteiger partial charge in [-0.3, -0.25) is 0 Å².